The molecule has 1 unspecified atom stereocenters. The molecule has 0 aromatic carbocycles. The first kappa shape index (κ1) is 9.46. The lowest BCUT2D eigenvalue weighted by Gasteiger charge is -2.11. The Labute approximate surface area is 84.5 Å². The highest BCUT2D eigenvalue weighted by Gasteiger charge is 2.15. The molecular formula is C11H16N2O. The summed E-state index contributed by atoms with van der Waals surface area (Å²) in [5, 5.41) is 3.37. The second-order valence-electron chi connectivity index (χ2n) is 3.76. The van der Waals surface area contributed by atoms with E-state index < -0.39 is 0 Å². The van der Waals surface area contributed by atoms with E-state index in [0.29, 0.717) is 11.8 Å². The minimum absolute atomic E-state index is 0.596. The molecule has 1 aliphatic heterocycles. The van der Waals surface area contributed by atoms with Gasteiger partial charge in [0.15, 0.2) is 0 Å². The van der Waals surface area contributed by atoms with E-state index in [1.165, 1.54) is 12.0 Å². The van der Waals surface area contributed by atoms with Crippen molar-refractivity contribution in [2.45, 2.75) is 25.8 Å². The fraction of sp³-hybridized carbons (Fsp3) is 0.545. The van der Waals surface area contributed by atoms with Crippen LogP contribution in [-0.4, -0.2) is 18.6 Å². The Hall–Kier alpha value is -1.09. The number of nitrogens with zero attached hydrogens (tertiary/aromatic N) is 1. The molecule has 0 bridgehead atoms. The number of rotatable bonds is 1. The Bertz CT molecular complexity index is 325. The molecule has 0 fully saturated rings. The van der Waals surface area contributed by atoms with Crippen LogP contribution in [0.1, 0.15) is 30.5 Å². The van der Waals surface area contributed by atoms with E-state index in [1.807, 2.05) is 6.07 Å². The number of nitrogens with one attached hydrogen (secondary N) is 1. The van der Waals surface area contributed by atoms with Crippen molar-refractivity contribution in [2.75, 3.05) is 13.7 Å². The van der Waals surface area contributed by atoms with Crippen LogP contribution in [0.3, 0.4) is 0 Å². The highest BCUT2D eigenvalue weighted by Crippen LogP contribution is 2.25. The first-order chi connectivity index (χ1) is 6.81. The Morgan fingerprint density at radius 1 is 1.50 bits per heavy atom. The zero-order chi connectivity index (χ0) is 9.97. The van der Waals surface area contributed by atoms with Crippen molar-refractivity contribution >= 4 is 0 Å². The average Bonchev–Trinajstić information content (AvgIpc) is 2.40. The molecule has 0 spiro atoms. The molecule has 0 radical (unpaired) electrons. The third kappa shape index (κ3) is 1.73. The first-order valence-electron chi connectivity index (χ1n) is 5.06. The molecule has 3 nitrogen and oxygen atoms in total. The molecule has 76 valence electrons. The van der Waals surface area contributed by atoms with Crippen LogP contribution in [0.25, 0.3) is 0 Å². The van der Waals surface area contributed by atoms with Gasteiger partial charge in [0.05, 0.1) is 12.8 Å². The SMILES string of the molecule is COc1ccc2c(n1)CNCCC2C. The average molecular weight is 192 g/mol. The van der Waals surface area contributed by atoms with Crippen molar-refractivity contribution < 1.29 is 4.74 Å². The monoisotopic (exact) mass is 192 g/mol. The summed E-state index contributed by atoms with van der Waals surface area (Å²) in [5.41, 5.74) is 2.49. The van der Waals surface area contributed by atoms with Gasteiger partial charge in [0, 0.05) is 12.6 Å². The van der Waals surface area contributed by atoms with Gasteiger partial charge in [-0.25, -0.2) is 4.98 Å². The molecule has 0 saturated heterocycles. The maximum atomic E-state index is 5.12. The number of hydrogen-bond acceptors (Lipinski definition) is 3. The van der Waals surface area contributed by atoms with Gasteiger partial charge >= 0.3 is 0 Å². The van der Waals surface area contributed by atoms with Gasteiger partial charge in [-0.3, -0.25) is 0 Å². The topological polar surface area (TPSA) is 34.1 Å². The normalized spacial score (nSPS) is 21.1. The van der Waals surface area contributed by atoms with E-state index in [0.717, 1.165) is 18.8 Å². The first-order valence-corrected chi connectivity index (χ1v) is 5.06. The van der Waals surface area contributed by atoms with Crippen LogP contribution in [0, 0.1) is 0 Å². The number of methoxy groups -OCH3 is 1. The minimum Gasteiger partial charge on any atom is -0.481 e. The summed E-state index contributed by atoms with van der Waals surface area (Å²) in [6.45, 7) is 4.18. The fourth-order valence-corrected chi connectivity index (χ4v) is 1.88. The largest absolute Gasteiger partial charge is 0.481 e. The highest BCUT2D eigenvalue weighted by atomic mass is 16.5. The number of hydrogen-bond donors (Lipinski definition) is 1. The molecule has 1 aromatic rings. The van der Waals surface area contributed by atoms with E-state index in [1.54, 1.807) is 7.11 Å². The molecule has 1 aliphatic rings. The molecule has 1 aromatic heterocycles. The Kier molecular flexibility index (Phi) is 2.68. The van der Waals surface area contributed by atoms with Crippen molar-refractivity contribution in [2.24, 2.45) is 0 Å². The van der Waals surface area contributed by atoms with Gasteiger partial charge in [-0.05, 0) is 24.4 Å². The van der Waals surface area contributed by atoms with Crippen LogP contribution in [0.15, 0.2) is 12.1 Å². The quantitative estimate of drug-likeness (QED) is 0.735. The number of fused-ring (bicyclic) bond motifs is 1. The summed E-state index contributed by atoms with van der Waals surface area (Å²) in [7, 11) is 1.66. The minimum atomic E-state index is 0.596. The fourth-order valence-electron chi connectivity index (χ4n) is 1.88. The molecule has 0 saturated carbocycles. The number of pyridine rings is 1. The Balaban J connectivity index is 2.38. The lowest BCUT2D eigenvalue weighted by molar-refractivity contribution is 0.395. The molecule has 3 heteroatoms. The third-order valence-electron chi connectivity index (χ3n) is 2.77. The van der Waals surface area contributed by atoms with E-state index >= 15 is 0 Å². The molecule has 0 amide bonds. The lowest BCUT2D eigenvalue weighted by Crippen LogP contribution is -2.13. The van der Waals surface area contributed by atoms with Gasteiger partial charge < -0.3 is 10.1 Å². The summed E-state index contributed by atoms with van der Waals surface area (Å²) in [5.74, 6) is 1.30. The zero-order valence-corrected chi connectivity index (χ0v) is 8.71. The van der Waals surface area contributed by atoms with Crippen LogP contribution in [0.2, 0.25) is 0 Å². The number of aromatic nitrogens is 1. The molecule has 1 atom stereocenters. The molecule has 2 rings (SSSR count). The van der Waals surface area contributed by atoms with Crippen LogP contribution in [0.5, 0.6) is 5.88 Å². The molecular weight excluding hydrogens is 176 g/mol. The van der Waals surface area contributed by atoms with Gasteiger partial charge in [0.2, 0.25) is 5.88 Å². The second kappa shape index (κ2) is 3.96. The smallest absolute Gasteiger partial charge is 0.213 e. The van der Waals surface area contributed by atoms with Crippen molar-refractivity contribution in [3.05, 3.63) is 23.4 Å². The van der Waals surface area contributed by atoms with E-state index in [2.05, 4.69) is 23.3 Å². The van der Waals surface area contributed by atoms with Crippen LogP contribution < -0.4 is 10.1 Å². The van der Waals surface area contributed by atoms with Crippen molar-refractivity contribution in [3.8, 4) is 5.88 Å². The summed E-state index contributed by atoms with van der Waals surface area (Å²) >= 11 is 0. The lowest BCUT2D eigenvalue weighted by atomic mass is 9.98. The maximum absolute atomic E-state index is 5.12. The van der Waals surface area contributed by atoms with Crippen LogP contribution in [-0.2, 0) is 6.54 Å². The summed E-state index contributed by atoms with van der Waals surface area (Å²) in [6.07, 6.45) is 1.18. The standard InChI is InChI=1S/C11H16N2O/c1-8-5-6-12-7-10-9(8)3-4-11(13-10)14-2/h3-4,8,12H,5-7H2,1-2H3. The third-order valence-corrected chi connectivity index (χ3v) is 2.77. The summed E-state index contributed by atoms with van der Waals surface area (Å²) in [6, 6.07) is 4.08. The molecule has 14 heavy (non-hydrogen) atoms. The second-order valence-corrected chi connectivity index (χ2v) is 3.76. The molecule has 0 aliphatic carbocycles. The summed E-state index contributed by atoms with van der Waals surface area (Å²) < 4.78 is 5.12. The van der Waals surface area contributed by atoms with Crippen molar-refractivity contribution in [1.29, 1.82) is 0 Å². The highest BCUT2D eigenvalue weighted by molar-refractivity contribution is 5.29. The van der Waals surface area contributed by atoms with E-state index in [4.69, 9.17) is 4.74 Å². The Morgan fingerprint density at radius 2 is 2.36 bits per heavy atom. The van der Waals surface area contributed by atoms with Crippen LogP contribution >= 0.6 is 0 Å². The zero-order valence-electron chi connectivity index (χ0n) is 8.71. The van der Waals surface area contributed by atoms with Crippen LogP contribution in [0.4, 0.5) is 0 Å². The van der Waals surface area contributed by atoms with Gasteiger partial charge in [-0.1, -0.05) is 13.0 Å². The Morgan fingerprint density at radius 3 is 3.14 bits per heavy atom. The summed E-state index contributed by atoms with van der Waals surface area (Å²) in [4.78, 5) is 4.46. The predicted molar refractivity (Wildman–Crippen MR) is 55.5 cm³/mol. The molecule has 2 heterocycles. The van der Waals surface area contributed by atoms with E-state index in [-0.39, 0.29) is 0 Å². The van der Waals surface area contributed by atoms with Gasteiger partial charge in [0.1, 0.15) is 0 Å². The number of ether oxygens (including phenoxy) is 1. The van der Waals surface area contributed by atoms with Gasteiger partial charge in [0.25, 0.3) is 0 Å². The van der Waals surface area contributed by atoms with E-state index in [9.17, 15) is 0 Å². The molecule has 1 N–H and O–H groups in total. The maximum Gasteiger partial charge on any atom is 0.213 e. The van der Waals surface area contributed by atoms with Crippen molar-refractivity contribution in [1.82, 2.24) is 10.3 Å². The van der Waals surface area contributed by atoms with Gasteiger partial charge in [-0.15, -0.1) is 0 Å². The predicted octanol–water partition coefficient (Wildman–Crippen LogP) is 1.69. The van der Waals surface area contributed by atoms with Gasteiger partial charge in [-0.2, -0.15) is 0 Å². The van der Waals surface area contributed by atoms with Crippen molar-refractivity contribution in [3.63, 3.8) is 0 Å².